The van der Waals surface area contributed by atoms with Crippen molar-refractivity contribution in [2.24, 2.45) is 5.92 Å². The van der Waals surface area contributed by atoms with Crippen LogP contribution in [0.1, 0.15) is 46.6 Å². The summed E-state index contributed by atoms with van der Waals surface area (Å²) in [5, 5.41) is 17.0. The second-order valence-corrected chi connectivity index (χ2v) is 7.78. The molecule has 132 valence electrons. The summed E-state index contributed by atoms with van der Waals surface area (Å²) in [6, 6.07) is 0. The van der Waals surface area contributed by atoms with E-state index in [1.807, 2.05) is 6.92 Å². The highest BCUT2D eigenvalue weighted by molar-refractivity contribution is 7.19. The number of aryl methyl sites for hydroxylation is 2. The fraction of sp³-hybridized carbons (Fsp3) is 0.529. The van der Waals surface area contributed by atoms with Crippen LogP contribution in [0.15, 0.2) is 0 Å². The van der Waals surface area contributed by atoms with Gasteiger partial charge in [-0.15, -0.1) is 16.4 Å². The van der Waals surface area contributed by atoms with E-state index in [-0.39, 0.29) is 18.3 Å². The van der Waals surface area contributed by atoms with Gasteiger partial charge in [-0.25, -0.2) is 9.97 Å². The highest BCUT2D eigenvalue weighted by Gasteiger charge is 2.25. The summed E-state index contributed by atoms with van der Waals surface area (Å²) < 4.78 is 1.68. The second kappa shape index (κ2) is 6.34. The molecule has 8 heteroatoms. The number of nitrogens with zero attached hydrogens (tertiary/aromatic N) is 4. The van der Waals surface area contributed by atoms with E-state index in [0.29, 0.717) is 18.9 Å². The molecule has 0 aliphatic heterocycles. The Bertz CT molecular complexity index is 961. The number of fused-ring (bicyclic) bond motifs is 5. The highest BCUT2D eigenvalue weighted by atomic mass is 32.1. The van der Waals surface area contributed by atoms with E-state index in [2.05, 4.69) is 22.3 Å². The monoisotopic (exact) mass is 359 g/mol. The summed E-state index contributed by atoms with van der Waals surface area (Å²) in [5.74, 6) is 1.22. The smallest absolute Gasteiger partial charge is 0.290 e. The van der Waals surface area contributed by atoms with E-state index >= 15 is 0 Å². The third-order valence-electron chi connectivity index (χ3n) is 4.71. The third-order valence-corrected chi connectivity index (χ3v) is 5.90. The van der Waals surface area contributed by atoms with Crippen LogP contribution < -0.4 is 5.32 Å². The molecule has 4 rings (SSSR count). The van der Waals surface area contributed by atoms with Gasteiger partial charge in [-0.05, 0) is 44.1 Å². The van der Waals surface area contributed by atoms with Gasteiger partial charge in [0.15, 0.2) is 5.65 Å². The number of thiophene rings is 1. The lowest BCUT2D eigenvalue weighted by Crippen LogP contribution is -2.26. The van der Waals surface area contributed by atoms with E-state index in [1.54, 1.807) is 15.9 Å². The molecule has 3 heterocycles. The van der Waals surface area contributed by atoms with Gasteiger partial charge in [0, 0.05) is 18.0 Å². The van der Waals surface area contributed by atoms with Gasteiger partial charge < -0.3 is 10.4 Å². The van der Waals surface area contributed by atoms with Crippen LogP contribution in [-0.4, -0.2) is 43.7 Å². The molecule has 0 radical (unpaired) electrons. The van der Waals surface area contributed by atoms with Gasteiger partial charge in [0.2, 0.25) is 5.82 Å². The number of hydrogen-bond donors (Lipinski definition) is 2. The van der Waals surface area contributed by atoms with Crippen molar-refractivity contribution in [1.29, 1.82) is 0 Å². The number of nitrogens with one attached hydrogen (secondary N) is 1. The Morgan fingerprint density at radius 3 is 3.08 bits per heavy atom. The van der Waals surface area contributed by atoms with E-state index in [0.717, 1.165) is 34.5 Å². The van der Waals surface area contributed by atoms with Gasteiger partial charge >= 0.3 is 0 Å². The SMILES string of the molecule is Cc1nc2sc3c(c2c2nc(C(=O)NCCCO)nn12)CC(C)CC3. The van der Waals surface area contributed by atoms with Crippen LogP contribution in [0.2, 0.25) is 0 Å². The minimum Gasteiger partial charge on any atom is -0.396 e. The predicted molar refractivity (Wildman–Crippen MR) is 96.1 cm³/mol. The Hall–Kier alpha value is -2.06. The second-order valence-electron chi connectivity index (χ2n) is 6.69. The van der Waals surface area contributed by atoms with Crippen molar-refractivity contribution in [3.8, 4) is 0 Å². The molecule has 3 aromatic rings. The van der Waals surface area contributed by atoms with Crippen LogP contribution in [0.25, 0.3) is 15.9 Å². The van der Waals surface area contributed by atoms with E-state index in [1.165, 1.54) is 16.9 Å². The molecule has 1 unspecified atom stereocenters. The summed E-state index contributed by atoms with van der Waals surface area (Å²) in [4.78, 5) is 23.9. The van der Waals surface area contributed by atoms with Gasteiger partial charge in [0.1, 0.15) is 10.7 Å². The van der Waals surface area contributed by atoms with E-state index in [4.69, 9.17) is 10.1 Å². The summed E-state index contributed by atoms with van der Waals surface area (Å²) in [7, 11) is 0. The fourth-order valence-corrected chi connectivity index (χ4v) is 4.66. The van der Waals surface area contributed by atoms with Crippen LogP contribution in [0.4, 0.5) is 0 Å². The van der Waals surface area contributed by atoms with Crippen molar-refractivity contribution >= 4 is 33.1 Å². The van der Waals surface area contributed by atoms with Gasteiger partial charge in [0.05, 0.1) is 5.39 Å². The minimum absolute atomic E-state index is 0.0434. The summed E-state index contributed by atoms with van der Waals surface area (Å²) in [6.07, 6.45) is 3.84. The lowest BCUT2D eigenvalue weighted by molar-refractivity contribution is 0.0941. The normalized spacial score (nSPS) is 17.2. The Morgan fingerprint density at radius 1 is 1.44 bits per heavy atom. The zero-order chi connectivity index (χ0) is 17.6. The first kappa shape index (κ1) is 16.4. The predicted octanol–water partition coefficient (Wildman–Crippen LogP) is 1.88. The van der Waals surface area contributed by atoms with Crippen LogP contribution in [0.3, 0.4) is 0 Å². The molecule has 1 atom stereocenters. The van der Waals surface area contributed by atoms with E-state index in [9.17, 15) is 4.79 Å². The molecule has 3 aromatic heterocycles. The summed E-state index contributed by atoms with van der Waals surface area (Å²) in [5.41, 5.74) is 2.05. The van der Waals surface area contributed by atoms with Crippen molar-refractivity contribution < 1.29 is 9.90 Å². The lowest BCUT2D eigenvalue weighted by atomic mass is 9.89. The van der Waals surface area contributed by atoms with Gasteiger partial charge in [0.25, 0.3) is 5.91 Å². The quantitative estimate of drug-likeness (QED) is 0.694. The van der Waals surface area contributed by atoms with Crippen molar-refractivity contribution in [3.05, 3.63) is 22.1 Å². The van der Waals surface area contributed by atoms with Crippen molar-refractivity contribution in [2.75, 3.05) is 13.2 Å². The largest absolute Gasteiger partial charge is 0.396 e. The number of aliphatic hydroxyl groups excluding tert-OH is 1. The molecule has 2 N–H and O–H groups in total. The average Bonchev–Trinajstić information content (AvgIpc) is 3.16. The van der Waals surface area contributed by atoms with Crippen molar-refractivity contribution in [2.45, 2.75) is 39.5 Å². The van der Waals surface area contributed by atoms with Crippen LogP contribution >= 0.6 is 11.3 Å². The summed E-state index contributed by atoms with van der Waals surface area (Å²) in [6.45, 7) is 4.61. The Kier molecular flexibility index (Phi) is 4.16. The van der Waals surface area contributed by atoms with E-state index < -0.39 is 0 Å². The van der Waals surface area contributed by atoms with Gasteiger partial charge in [-0.2, -0.15) is 4.52 Å². The molecule has 25 heavy (non-hydrogen) atoms. The van der Waals surface area contributed by atoms with Crippen molar-refractivity contribution in [3.63, 3.8) is 0 Å². The number of carbonyl (C=O) groups excluding carboxylic acids is 1. The molecule has 0 saturated carbocycles. The maximum absolute atomic E-state index is 12.3. The Labute approximate surface area is 149 Å². The molecular weight excluding hydrogens is 338 g/mol. The molecule has 1 aliphatic rings. The Balaban J connectivity index is 1.83. The molecule has 0 saturated heterocycles. The molecule has 7 nitrogen and oxygen atoms in total. The first-order valence-corrected chi connectivity index (χ1v) is 9.46. The molecule has 0 fully saturated rings. The number of aliphatic hydroxyl groups is 1. The highest BCUT2D eigenvalue weighted by Crippen LogP contribution is 2.38. The number of aromatic nitrogens is 4. The van der Waals surface area contributed by atoms with Gasteiger partial charge in [-0.3, -0.25) is 4.79 Å². The molecule has 1 amide bonds. The summed E-state index contributed by atoms with van der Waals surface area (Å²) >= 11 is 1.74. The number of rotatable bonds is 4. The zero-order valence-corrected chi connectivity index (χ0v) is 15.2. The standard InChI is InChI=1S/C17H21N5O2S/c1-9-4-5-12-11(8-9)13-15-20-14(16(24)18-6-3-7-23)21-22(15)10(2)19-17(13)25-12/h9,23H,3-8H2,1-2H3,(H,18,24). The minimum atomic E-state index is -0.317. The van der Waals surface area contributed by atoms with Crippen LogP contribution in [-0.2, 0) is 12.8 Å². The fourth-order valence-electron chi connectivity index (χ4n) is 3.40. The number of amides is 1. The number of carbonyl (C=O) groups is 1. The van der Waals surface area contributed by atoms with Crippen molar-refractivity contribution in [1.82, 2.24) is 24.9 Å². The first-order valence-electron chi connectivity index (χ1n) is 8.65. The zero-order valence-electron chi connectivity index (χ0n) is 14.4. The maximum atomic E-state index is 12.3. The molecular formula is C17H21N5O2S. The molecule has 1 aliphatic carbocycles. The Morgan fingerprint density at radius 2 is 2.28 bits per heavy atom. The maximum Gasteiger partial charge on any atom is 0.290 e. The third kappa shape index (κ3) is 2.79. The average molecular weight is 359 g/mol. The number of hydrogen-bond acceptors (Lipinski definition) is 6. The first-order chi connectivity index (χ1) is 12.1. The topological polar surface area (TPSA) is 92.4 Å². The molecule has 0 aromatic carbocycles. The van der Waals surface area contributed by atoms with Gasteiger partial charge in [-0.1, -0.05) is 6.92 Å². The van der Waals surface area contributed by atoms with Crippen LogP contribution in [0, 0.1) is 12.8 Å². The van der Waals surface area contributed by atoms with Crippen LogP contribution in [0.5, 0.6) is 0 Å². The lowest BCUT2D eigenvalue weighted by Gasteiger charge is -2.17. The molecule has 0 spiro atoms. The molecule has 0 bridgehead atoms.